The maximum absolute atomic E-state index is 8.81. The summed E-state index contributed by atoms with van der Waals surface area (Å²) in [6.45, 7) is 1.23. The molecular weight excluding hydrogens is 208 g/mol. The van der Waals surface area contributed by atoms with E-state index in [9.17, 15) is 0 Å². The summed E-state index contributed by atoms with van der Waals surface area (Å²) in [5, 5.41) is 8.81. The van der Waals surface area contributed by atoms with Crippen molar-refractivity contribution in [3.63, 3.8) is 0 Å². The molecule has 0 aliphatic heterocycles. The van der Waals surface area contributed by atoms with Crippen LogP contribution < -0.4 is 0 Å². The van der Waals surface area contributed by atoms with Crippen LogP contribution in [-0.2, 0) is 0 Å². The Morgan fingerprint density at radius 3 is 2.00 bits per heavy atom. The molecule has 0 saturated heterocycles. The van der Waals surface area contributed by atoms with Gasteiger partial charge in [0.25, 0.3) is 0 Å². The summed E-state index contributed by atoms with van der Waals surface area (Å²) < 4.78 is 22.8. The molecule has 0 aromatic heterocycles. The summed E-state index contributed by atoms with van der Waals surface area (Å²) in [6, 6.07) is 0. The number of aliphatic hydroxyl groups is 1. The highest BCUT2D eigenvalue weighted by Crippen LogP contribution is 2.10. The molecule has 1 atom stereocenters. The fraction of sp³-hybridized carbons (Fsp3) is 0.875. The third-order valence-corrected chi connectivity index (χ3v) is 2.86. The van der Waals surface area contributed by atoms with Crippen molar-refractivity contribution < 1.29 is 9.22 Å². The fourth-order valence-corrected chi connectivity index (χ4v) is 1.74. The Kier molecular flexibility index (Phi) is 10.9. The lowest BCUT2D eigenvalue weighted by atomic mass is 10.1. The summed E-state index contributed by atoms with van der Waals surface area (Å²) in [7, 11) is 0. The second-order valence-electron chi connectivity index (χ2n) is 4.59. The number of rotatable bonds is 13. The zero-order chi connectivity index (χ0) is 15.3. The number of unbranched alkanes of at least 4 members (excludes halogenated alkanes) is 7. The summed E-state index contributed by atoms with van der Waals surface area (Å²) in [6.07, 6.45) is 13.3. The molecule has 1 heteroatoms. The first-order chi connectivity index (χ1) is 9.48. The zero-order valence-electron chi connectivity index (χ0n) is 14.5. The number of hydrogen-bond acceptors (Lipinski definition) is 1. The fourth-order valence-electron chi connectivity index (χ4n) is 1.74. The van der Waals surface area contributed by atoms with Crippen molar-refractivity contribution in [1.82, 2.24) is 0 Å². The van der Waals surface area contributed by atoms with Gasteiger partial charge in [0.2, 0.25) is 0 Å². The molecule has 0 radical (unpaired) electrons. The van der Waals surface area contributed by atoms with E-state index in [1.807, 2.05) is 6.08 Å². The normalized spacial score (nSPS) is 16.7. The molecule has 0 amide bonds. The first kappa shape index (κ1) is 11.8. The minimum Gasteiger partial charge on any atom is -0.396 e. The van der Waals surface area contributed by atoms with Crippen molar-refractivity contribution in [2.45, 2.75) is 83.9 Å². The average Bonchev–Trinajstić information content (AvgIpc) is 2.37. The van der Waals surface area contributed by atoms with Crippen molar-refractivity contribution in [2.24, 2.45) is 0 Å². The van der Waals surface area contributed by atoms with E-state index >= 15 is 0 Å². The lowest BCUT2D eigenvalue weighted by Gasteiger charge is -2.00. The minimum atomic E-state index is -1.15. The lowest BCUT2D eigenvalue weighted by molar-refractivity contribution is 0.282. The van der Waals surface area contributed by atoms with Gasteiger partial charge in [0.1, 0.15) is 0 Å². The van der Waals surface area contributed by atoms with Gasteiger partial charge in [-0.2, -0.15) is 0 Å². The van der Waals surface area contributed by atoms with Gasteiger partial charge in [-0.3, -0.25) is 0 Å². The predicted molar refractivity (Wildman–Crippen MR) is 77.3 cm³/mol. The van der Waals surface area contributed by atoms with Crippen LogP contribution in [0.4, 0.5) is 0 Å². The van der Waals surface area contributed by atoms with E-state index in [-0.39, 0.29) is 0 Å². The van der Waals surface area contributed by atoms with Gasteiger partial charge in [-0.1, -0.05) is 70.4 Å². The molecule has 0 aliphatic rings. The van der Waals surface area contributed by atoms with Gasteiger partial charge in [-0.05, 0) is 25.6 Å². The molecule has 0 aliphatic carbocycles. The summed E-state index contributed by atoms with van der Waals surface area (Å²) in [5.74, 6) is 0. The predicted octanol–water partition coefficient (Wildman–Crippen LogP) is 5.24. The van der Waals surface area contributed by atoms with Crippen LogP contribution in [0.15, 0.2) is 12.2 Å². The topological polar surface area (TPSA) is 20.2 Å². The van der Waals surface area contributed by atoms with E-state index in [2.05, 4.69) is 6.92 Å². The van der Waals surface area contributed by atoms with Gasteiger partial charge in [0, 0.05) is 9.32 Å². The Bertz CT molecular complexity index is 240. The quantitative estimate of drug-likeness (QED) is 0.346. The Morgan fingerprint density at radius 1 is 0.824 bits per heavy atom. The maximum Gasteiger partial charge on any atom is 0.0564 e. The van der Waals surface area contributed by atoms with Crippen molar-refractivity contribution in [3.05, 3.63) is 12.2 Å². The molecule has 1 nitrogen and oxygen atoms in total. The van der Waals surface area contributed by atoms with E-state index in [0.29, 0.717) is 12.8 Å². The second-order valence-corrected chi connectivity index (χ2v) is 4.59. The molecule has 0 aromatic rings. The Labute approximate surface area is 113 Å². The highest BCUT2D eigenvalue weighted by Gasteiger charge is 1.91. The monoisotopic (exact) mass is 243 g/mol. The lowest BCUT2D eigenvalue weighted by Crippen LogP contribution is -1.84. The third-order valence-electron chi connectivity index (χ3n) is 2.86. The minimum absolute atomic E-state index is 0.575. The van der Waals surface area contributed by atoms with E-state index in [1.165, 1.54) is 0 Å². The highest BCUT2D eigenvalue weighted by molar-refractivity contribution is 4.81. The summed E-state index contributed by atoms with van der Waals surface area (Å²) in [4.78, 5) is 0. The van der Waals surface area contributed by atoms with Crippen LogP contribution in [0.5, 0.6) is 0 Å². The largest absolute Gasteiger partial charge is 0.396 e. The molecule has 0 spiro atoms. The molecule has 1 N–H and O–H groups in total. The van der Waals surface area contributed by atoms with Crippen LogP contribution >= 0.6 is 0 Å². The summed E-state index contributed by atoms with van der Waals surface area (Å²) >= 11 is 0. The molecule has 0 fully saturated rings. The van der Waals surface area contributed by atoms with E-state index in [1.54, 1.807) is 6.08 Å². The number of aliphatic hydroxyl groups excluding tert-OH is 1. The second kappa shape index (κ2) is 15.7. The van der Waals surface area contributed by atoms with Crippen LogP contribution in [0.1, 0.15) is 88.0 Å². The first-order valence-electron chi connectivity index (χ1n) is 8.83. The molecule has 0 unspecified atom stereocenters. The Morgan fingerprint density at radius 2 is 1.41 bits per heavy atom. The van der Waals surface area contributed by atoms with E-state index in [0.717, 1.165) is 57.8 Å². The number of hydrogen-bond donors (Lipinski definition) is 1. The highest BCUT2D eigenvalue weighted by atomic mass is 16.2. The van der Waals surface area contributed by atoms with Crippen molar-refractivity contribution in [2.75, 3.05) is 6.58 Å². The molecule has 0 aromatic carbocycles. The Balaban J connectivity index is 3.46. The molecule has 0 heterocycles. The number of allylic oxidation sites excluding steroid dienone is 2. The Hall–Kier alpha value is -0.300. The van der Waals surface area contributed by atoms with Gasteiger partial charge >= 0.3 is 0 Å². The van der Waals surface area contributed by atoms with Gasteiger partial charge in [-0.25, -0.2) is 0 Å². The molecule has 0 saturated carbocycles. The van der Waals surface area contributed by atoms with Gasteiger partial charge in [-0.15, -0.1) is 0 Å². The SMILES string of the molecule is [2H][C@@H](O)CCCCCCCCC([2H])([2H])/C=C\CCCC. The van der Waals surface area contributed by atoms with E-state index < -0.39 is 13.0 Å². The zero-order valence-corrected chi connectivity index (χ0v) is 11.5. The van der Waals surface area contributed by atoms with Crippen molar-refractivity contribution in [1.29, 1.82) is 0 Å². The average molecular weight is 243 g/mol. The van der Waals surface area contributed by atoms with Crippen LogP contribution in [-0.4, -0.2) is 11.7 Å². The van der Waals surface area contributed by atoms with Crippen LogP contribution in [0.3, 0.4) is 0 Å². The first-order valence-corrected chi connectivity index (χ1v) is 7.26. The molecule has 17 heavy (non-hydrogen) atoms. The molecule has 0 rings (SSSR count). The molecule has 102 valence electrons. The van der Waals surface area contributed by atoms with Crippen LogP contribution in [0.2, 0.25) is 0 Å². The van der Waals surface area contributed by atoms with Crippen LogP contribution in [0.25, 0.3) is 0 Å². The van der Waals surface area contributed by atoms with E-state index in [4.69, 9.17) is 9.22 Å². The standard InChI is InChI=1S/C16H32O/c1-2-3-4-5-6-7-8-9-10-11-12-13-14-15-16-17/h5-6,17H,2-4,7-16H2,1H3/b6-5-/i7D2,16D/t16-/m1/s1. The smallest absolute Gasteiger partial charge is 0.0564 e. The van der Waals surface area contributed by atoms with Crippen LogP contribution in [0, 0.1) is 0 Å². The van der Waals surface area contributed by atoms with Gasteiger partial charge < -0.3 is 5.11 Å². The maximum atomic E-state index is 8.81. The van der Waals surface area contributed by atoms with Crippen molar-refractivity contribution in [3.8, 4) is 0 Å². The van der Waals surface area contributed by atoms with Crippen molar-refractivity contribution >= 4 is 0 Å². The summed E-state index contributed by atoms with van der Waals surface area (Å²) in [5.41, 5.74) is 0. The molecule has 0 bridgehead atoms. The van der Waals surface area contributed by atoms with Gasteiger partial charge in [0.15, 0.2) is 0 Å². The third kappa shape index (κ3) is 15.7. The molecular formula is C16H32O. The van der Waals surface area contributed by atoms with Gasteiger partial charge in [0.05, 0.1) is 1.37 Å².